The third-order valence-electron chi connectivity index (χ3n) is 4.23. The van der Waals surface area contributed by atoms with Crippen LogP contribution in [0.1, 0.15) is 19.4 Å². The first-order valence-corrected chi connectivity index (χ1v) is 7.31. The Morgan fingerprint density at radius 2 is 2.04 bits per heavy atom. The average Bonchev–Trinajstić information content (AvgIpc) is 3.16. The molecule has 0 bridgehead atoms. The lowest BCUT2D eigenvalue weighted by Gasteiger charge is -2.35. The maximum atomic E-state index is 13.2. The zero-order chi connectivity index (χ0) is 16.6. The van der Waals surface area contributed by atoms with Crippen LogP contribution in [0.3, 0.4) is 0 Å². The lowest BCUT2D eigenvalue weighted by Crippen LogP contribution is -2.49. The average molecular weight is 316 g/mol. The van der Waals surface area contributed by atoms with Gasteiger partial charge in [-0.1, -0.05) is 26.0 Å². The van der Waals surface area contributed by atoms with E-state index >= 15 is 0 Å². The van der Waals surface area contributed by atoms with Crippen molar-refractivity contribution in [1.82, 2.24) is 14.8 Å². The normalized spacial score (nSPS) is 20.9. The lowest BCUT2D eigenvalue weighted by atomic mass is 9.79. The monoisotopic (exact) mass is 316 g/mol. The zero-order valence-corrected chi connectivity index (χ0v) is 12.8. The number of hydrazone groups is 1. The number of rotatable bonds is 3. The second kappa shape index (κ2) is 5.49. The Bertz CT molecular complexity index is 740. The van der Waals surface area contributed by atoms with Gasteiger partial charge >= 0.3 is 6.09 Å². The largest absolute Gasteiger partial charge is 0.464 e. The fourth-order valence-electron chi connectivity index (χ4n) is 2.98. The summed E-state index contributed by atoms with van der Waals surface area (Å²) >= 11 is 0. The van der Waals surface area contributed by atoms with Crippen molar-refractivity contribution in [3.05, 3.63) is 54.1 Å². The molecule has 0 saturated heterocycles. The van der Waals surface area contributed by atoms with E-state index < -0.39 is 11.6 Å². The van der Waals surface area contributed by atoms with Crippen LogP contribution in [0.2, 0.25) is 0 Å². The van der Waals surface area contributed by atoms with Gasteiger partial charge in [-0.2, -0.15) is 15.2 Å². The van der Waals surface area contributed by atoms with Gasteiger partial charge in [0.05, 0.1) is 12.3 Å². The molecule has 6 nitrogen and oxygen atoms in total. The molecule has 1 aliphatic heterocycles. The van der Waals surface area contributed by atoms with E-state index in [1.165, 1.54) is 12.1 Å². The van der Waals surface area contributed by atoms with Crippen LogP contribution in [-0.2, 0) is 5.54 Å². The topological polar surface area (TPSA) is 70.7 Å². The molecule has 1 aromatic carbocycles. The first-order chi connectivity index (χ1) is 10.9. The minimum absolute atomic E-state index is 0.0237. The summed E-state index contributed by atoms with van der Waals surface area (Å²) in [5, 5.41) is 19.0. The Morgan fingerprint density at radius 3 is 2.57 bits per heavy atom. The molecule has 0 spiro atoms. The number of aromatic nitrogens is 2. The molecule has 23 heavy (non-hydrogen) atoms. The molecule has 1 aliphatic rings. The van der Waals surface area contributed by atoms with E-state index in [2.05, 4.69) is 10.2 Å². The van der Waals surface area contributed by atoms with Crippen molar-refractivity contribution < 1.29 is 14.3 Å². The van der Waals surface area contributed by atoms with Gasteiger partial charge < -0.3 is 5.11 Å². The van der Waals surface area contributed by atoms with E-state index in [-0.39, 0.29) is 18.3 Å². The van der Waals surface area contributed by atoms with Crippen LogP contribution in [0, 0.1) is 11.7 Å². The molecule has 1 atom stereocenters. The molecule has 2 aromatic rings. The molecule has 1 N–H and O–H groups in total. The molecule has 0 fully saturated rings. The highest BCUT2D eigenvalue weighted by molar-refractivity contribution is 6.08. The predicted molar refractivity (Wildman–Crippen MR) is 82.7 cm³/mol. The number of hydrogen-bond acceptors (Lipinski definition) is 3. The Morgan fingerprint density at radius 1 is 1.35 bits per heavy atom. The van der Waals surface area contributed by atoms with Crippen molar-refractivity contribution in [3.8, 4) is 0 Å². The van der Waals surface area contributed by atoms with Crippen molar-refractivity contribution in [2.45, 2.75) is 19.4 Å². The van der Waals surface area contributed by atoms with Gasteiger partial charge in [-0.3, -0.25) is 4.68 Å². The summed E-state index contributed by atoms with van der Waals surface area (Å²) in [6, 6.07) is 7.70. The van der Waals surface area contributed by atoms with E-state index in [0.29, 0.717) is 11.3 Å². The molecule has 1 aromatic heterocycles. The number of carboxylic acid groups (broad SMARTS) is 1. The van der Waals surface area contributed by atoms with Gasteiger partial charge in [0.15, 0.2) is 0 Å². The molecule has 0 saturated carbocycles. The Balaban J connectivity index is 2.19. The first-order valence-electron chi connectivity index (χ1n) is 7.31. The summed E-state index contributed by atoms with van der Waals surface area (Å²) in [6.07, 6.45) is 2.32. The van der Waals surface area contributed by atoms with Gasteiger partial charge in [0, 0.05) is 18.0 Å². The van der Waals surface area contributed by atoms with Crippen LogP contribution in [0.25, 0.3) is 0 Å². The first kappa shape index (κ1) is 15.2. The van der Waals surface area contributed by atoms with Gasteiger partial charge in [0.1, 0.15) is 11.4 Å². The smallest absolute Gasteiger partial charge is 0.428 e. The minimum atomic E-state index is -1.13. The maximum Gasteiger partial charge on any atom is 0.428 e. The molecule has 0 aliphatic carbocycles. The van der Waals surface area contributed by atoms with Crippen molar-refractivity contribution in [3.63, 3.8) is 0 Å². The molecule has 120 valence electrons. The summed E-state index contributed by atoms with van der Waals surface area (Å²) in [6.45, 7) is 4.15. The molecule has 1 amide bonds. The molecular formula is C16H17FN4O2. The van der Waals surface area contributed by atoms with E-state index in [1.807, 2.05) is 13.8 Å². The summed E-state index contributed by atoms with van der Waals surface area (Å²) in [7, 11) is 0. The standard InChI is InChI=1S/C16H17FN4O2/c1-11(2)16(21-9-3-8-18-21)10-20(15(22)23)19-14(16)12-4-6-13(17)7-5-12/h3-9,11H,10H2,1-2H3,(H,22,23). The fraction of sp³-hybridized carbons (Fsp3) is 0.312. The van der Waals surface area contributed by atoms with Gasteiger partial charge in [0.2, 0.25) is 0 Å². The van der Waals surface area contributed by atoms with Gasteiger partial charge in [0.25, 0.3) is 0 Å². The Hall–Kier alpha value is -2.70. The molecule has 7 heteroatoms. The Labute approximate surface area is 132 Å². The second-order valence-corrected chi connectivity index (χ2v) is 5.83. The van der Waals surface area contributed by atoms with E-state index in [4.69, 9.17) is 0 Å². The molecule has 0 radical (unpaired) electrons. The Kier molecular flexibility index (Phi) is 3.63. The van der Waals surface area contributed by atoms with E-state index in [9.17, 15) is 14.3 Å². The highest BCUT2D eigenvalue weighted by Gasteiger charge is 2.49. The summed E-state index contributed by atoms with van der Waals surface area (Å²) < 4.78 is 15.0. The van der Waals surface area contributed by atoms with Crippen LogP contribution >= 0.6 is 0 Å². The summed E-state index contributed by atoms with van der Waals surface area (Å²) in [5.41, 5.74) is 0.512. The third-order valence-corrected chi connectivity index (χ3v) is 4.23. The lowest BCUT2D eigenvalue weighted by molar-refractivity contribution is 0.132. The highest BCUT2D eigenvalue weighted by atomic mass is 19.1. The highest BCUT2D eigenvalue weighted by Crippen LogP contribution is 2.36. The van der Waals surface area contributed by atoms with Crippen LogP contribution in [0.5, 0.6) is 0 Å². The summed E-state index contributed by atoms with van der Waals surface area (Å²) in [5.74, 6) is -0.327. The second-order valence-electron chi connectivity index (χ2n) is 5.83. The summed E-state index contributed by atoms with van der Waals surface area (Å²) in [4.78, 5) is 11.4. The van der Waals surface area contributed by atoms with Gasteiger partial charge in [-0.25, -0.2) is 9.18 Å². The van der Waals surface area contributed by atoms with Crippen molar-refractivity contribution in [2.75, 3.05) is 6.54 Å². The number of carbonyl (C=O) groups is 1. The number of benzene rings is 1. The van der Waals surface area contributed by atoms with E-state index in [1.54, 1.807) is 35.3 Å². The van der Waals surface area contributed by atoms with Gasteiger partial charge in [-0.05, 0) is 24.1 Å². The SMILES string of the molecule is CC(C)C1(n2cccn2)CN(C(=O)O)N=C1c1ccc(F)cc1. The van der Waals surface area contributed by atoms with Crippen LogP contribution in [0.15, 0.2) is 47.8 Å². The molecule has 2 heterocycles. The van der Waals surface area contributed by atoms with E-state index in [0.717, 1.165) is 5.01 Å². The van der Waals surface area contributed by atoms with Crippen molar-refractivity contribution in [2.24, 2.45) is 11.0 Å². The van der Waals surface area contributed by atoms with Crippen molar-refractivity contribution in [1.29, 1.82) is 0 Å². The maximum absolute atomic E-state index is 13.2. The van der Waals surface area contributed by atoms with Crippen LogP contribution in [-0.4, -0.2) is 38.2 Å². The number of amides is 1. The minimum Gasteiger partial charge on any atom is -0.464 e. The molecule has 3 rings (SSSR count). The number of hydrogen-bond donors (Lipinski definition) is 1. The molecular weight excluding hydrogens is 299 g/mol. The predicted octanol–water partition coefficient (Wildman–Crippen LogP) is 2.77. The van der Waals surface area contributed by atoms with Crippen LogP contribution < -0.4 is 0 Å². The number of nitrogens with zero attached hydrogens (tertiary/aromatic N) is 4. The third kappa shape index (κ3) is 2.38. The number of halogens is 1. The molecule has 1 unspecified atom stereocenters. The van der Waals surface area contributed by atoms with Gasteiger partial charge in [-0.15, -0.1) is 0 Å². The fourth-order valence-corrected chi connectivity index (χ4v) is 2.98. The zero-order valence-electron chi connectivity index (χ0n) is 12.8. The van der Waals surface area contributed by atoms with Crippen molar-refractivity contribution >= 4 is 11.8 Å². The van der Waals surface area contributed by atoms with Crippen LogP contribution in [0.4, 0.5) is 9.18 Å². The quantitative estimate of drug-likeness (QED) is 0.946.